The predicted octanol–water partition coefficient (Wildman–Crippen LogP) is 3.23. The SMILES string of the molecule is OCc1cc(OC(F)(F)F)c(C(F)(F)F)nc1CCl. The highest BCUT2D eigenvalue weighted by atomic mass is 35.5. The Kier molecular flexibility index (Phi) is 4.51. The fourth-order valence-electron chi connectivity index (χ4n) is 1.23. The van der Waals surface area contributed by atoms with Crippen molar-refractivity contribution < 1.29 is 36.2 Å². The van der Waals surface area contributed by atoms with Crippen LogP contribution in [0.1, 0.15) is 17.0 Å². The number of aromatic nitrogens is 1. The molecular weight excluding hydrogens is 304 g/mol. The molecule has 0 bridgehead atoms. The van der Waals surface area contributed by atoms with Crippen molar-refractivity contribution in [2.24, 2.45) is 0 Å². The fourth-order valence-corrected chi connectivity index (χ4v) is 1.46. The summed E-state index contributed by atoms with van der Waals surface area (Å²) in [5.74, 6) is -2.02. The molecule has 0 fully saturated rings. The van der Waals surface area contributed by atoms with Crippen LogP contribution < -0.4 is 4.74 Å². The maximum Gasteiger partial charge on any atom is 0.573 e. The van der Waals surface area contributed by atoms with Crippen molar-refractivity contribution in [3.8, 4) is 5.75 Å². The lowest BCUT2D eigenvalue weighted by Crippen LogP contribution is -2.22. The van der Waals surface area contributed by atoms with Gasteiger partial charge in [-0.05, 0) is 6.07 Å². The number of rotatable bonds is 3. The summed E-state index contributed by atoms with van der Waals surface area (Å²) in [4.78, 5) is 2.98. The van der Waals surface area contributed by atoms with E-state index in [1.54, 1.807) is 0 Å². The molecule has 1 N–H and O–H groups in total. The number of nitrogens with zero attached hydrogens (tertiary/aromatic N) is 1. The Morgan fingerprint density at radius 2 is 1.79 bits per heavy atom. The Hall–Kier alpha value is -1.22. The van der Waals surface area contributed by atoms with Crippen LogP contribution in [0.4, 0.5) is 26.3 Å². The smallest absolute Gasteiger partial charge is 0.403 e. The van der Waals surface area contributed by atoms with Crippen molar-refractivity contribution in [3.05, 3.63) is 23.0 Å². The zero-order valence-electron chi connectivity index (χ0n) is 8.94. The van der Waals surface area contributed by atoms with Gasteiger partial charge in [-0.15, -0.1) is 24.8 Å². The van der Waals surface area contributed by atoms with E-state index in [0.717, 1.165) is 0 Å². The van der Waals surface area contributed by atoms with Crippen LogP contribution in [-0.2, 0) is 18.7 Å². The summed E-state index contributed by atoms with van der Waals surface area (Å²) in [6.07, 6.45) is -10.5. The molecule has 19 heavy (non-hydrogen) atoms. The molecule has 1 aromatic heterocycles. The standard InChI is InChI=1S/C9H6ClF6NO2/c10-2-5-4(3-18)1-6(19-9(14,15)16)7(17-5)8(11,12)13/h1,18H,2-3H2. The largest absolute Gasteiger partial charge is 0.573 e. The molecule has 0 aromatic carbocycles. The Morgan fingerprint density at radius 3 is 2.16 bits per heavy atom. The number of hydrogen-bond donors (Lipinski definition) is 1. The Balaban J connectivity index is 3.41. The number of alkyl halides is 7. The molecular formula is C9H6ClF6NO2. The molecule has 0 spiro atoms. The first kappa shape index (κ1) is 15.8. The Bertz CT molecular complexity index is 459. The second-order valence-electron chi connectivity index (χ2n) is 3.28. The summed E-state index contributed by atoms with van der Waals surface area (Å²) < 4.78 is 77.0. The lowest BCUT2D eigenvalue weighted by Gasteiger charge is -2.17. The summed E-state index contributed by atoms with van der Waals surface area (Å²) in [5, 5.41) is 8.85. The quantitative estimate of drug-likeness (QED) is 0.688. The number of pyridine rings is 1. The minimum atomic E-state index is -5.31. The molecule has 1 aromatic rings. The van der Waals surface area contributed by atoms with E-state index in [-0.39, 0.29) is 11.3 Å². The molecule has 0 unspecified atom stereocenters. The highest BCUT2D eigenvalue weighted by molar-refractivity contribution is 6.17. The topological polar surface area (TPSA) is 42.4 Å². The van der Waals surface area contributed by atoms with Crippen molar-refractivity contribution in [1.29, 1.82) is 0 Å². The van der Waals surface area contributed by atoms with E-state index in [1.165, 1.54) is 0 Å². The summed E-state index contributed by atoms with van der Waals surface area (Å²) in [6, 6.07) is 0.418. The van der Waals surface area contributed by atoms with Crippen molar-refractivity contribution in [1.82, 2.24) is 4.98 Å². The monoisotopic (exact) mass is 309 g/mol. The predicted molar refractivity (Wildman–Crippen MR) is 51.4 cm³/mol. The van der Waals surface area contributed by atoms with E-state index in [4.69, 9.17) is 16.7 Å². The Labute approximate surface area is 107 Å². The highest BCUT2D eigenvalue weighted by Crippen LogP contribution is 2.38. The molecule has 0 radical (unpaired) electrons. The number of aliphatic hydroxyl groups is 1. The van der Waals surface area contributed by atoms with Crippen molar-refractivity contribution >= 4 is 11.6 Å². The minimum absolute atomic E-state index is 0.276. The molecule has 0 aliphatic heterocycles. The maximum atomic E-state index is 12.6. The van der Waals surface area contributed by atoms with Crippen molar-refractivity contribution in [2.45, 2.75) is 25.0 Å². The molecule has 10 heteroatoms. The average molecular weight is 310 g/mol. The second kappa shape index (κ2) is 5.41. The number of halogens is 7. The van der Waals surface area contributed by atoms with Crippen LogP contribution in [0, 0.1) is 0 Å². The summed E-state index contributed by atoms with van der Waals surface area (Å²) in [7, 11) is 0. The Morgan fingerprint density at radius 1 is 1.21 bits per heavy atom. The van der Waals surface area contributed by atoms with Gasteiger partial charge in [-0.2, -0.15) is 13.2 Å². The molecule has 0 saturated heterocycles. The van der Waals surface area contributed by atoms with E-state index < -0.39 is 36.5 Å². The van der Waals surface area contributed by atoms with Crippen LogP contribution in [0.25, 0.3) is 0 Å². The first-order chi connectivity index (χ1) is 8.58. The molecule has 0 aliphatic carbocycles. The van der Waals surface area contributed by atoms with Gasteiger partial charge >= 0.3 is 12.5 Å². The first-order valence-electron chi connectivity index (χ1n) is 4.61. The molecule has 3 nitrogen and oxygen atoms in total. The molecule has 1 heterocycles. The molecule has 0 saturated carbocycles. The summed E-state index contributed by atoms with van der Waals surface area (Å²) in [5.41, 5.74) is -2.49. The second-order valence-corrected chi connectivity index (χ2v) is 3.55. The fraction of sp³-hybridized carbons (Fsp3) is 0.444. The maximum absolute atomic E-state index is 12.6. The number of hydrogen-bond acceptors (Lipinski definition) is 3. The van der Waals surface area contributed by atoms with Crippen LogP contribution in [0.5, 0.6) is 5.75 Å². The van der Waals surface area contributed by atoms with Gasteiger partial charge in [0.15, 0.2) is 11.4 Å². The zero-order valence-corrected chi connectivity index (χ0v) is 9.70. The zero-order chi connectivity index (χ0) is 14.8. The van der Waals surface area contributed by atoms with Gasteiger partial charge in [0.25, 0.3) is 0 Å². The highest BCUT2D eigenvalue weighted by Gasteiger charge is 2.41. The van der Waals surface area contributed by atoms with Crippen LogP contribution in [-0.4, -0.2) is 16.5 Å². The van der Waals surface area contributed by atoms with Crippen molar-refractivity contribution in [3.63, 3.8) is 0 Å². The van der Waals surface area contributed by atoms with Crippen LogP contribution >= 0.6 is 11.6 Å². The van der Waals surface area contributed by atoms with Gasteiger partial charge in [-0.3, -0.25) is 0 Å². The third-order valence-corrected chi connectivity index (χ3v) is 2.20. The molecule has 0 atom stereocenters. The van der Waals surface area contributed by atoms with E-state index >= 15 is 0 Å². The van der Waals surface area contributed by atoms with Gasteiger partial charge in [-0.1, -0.05) is 0 Å². The molecule has 0 aliphatic rings. The van der Waals surface area contributed by atoms with Crippen molar-refractivity contribution in [2.75, 3.05) is 0 Å². The van der Waals surface area contributed by atoms with Crippen LogP contribution in [0.2, 0.25) is 0 Å². The van der Waals surface area contributed by atoms with E-state index in [1.807, 2.05) is 0 Å². The van der Waals surface area contributed by atoms with Gasteiger partial charge in [0.2, 0.25) is 0 Å². The number of aliphatic hydroxyl groups excluding tert-OH is 1. The van der Waals surface area contributed by atoms with E-state index in [0.29, 0.717) is 6.07 Å². The van der Waals surface area contributed by atoms with Gasteiger partial charge in [0.05, 0.1) is 18.2 Å². The normalized spacial score (nSPS) is 12.6. The lowest BCUT2D eigenvalue weighted by molar-refractivity contribution is -0.276. The first-order valence-corrected chi connectivity index (χ1v) is 5.14. The molecule has 0 amide bonds. The van der Waals surface area contributed by atoms with Gasteiger partial charge in [0.1, 0.15) is 0 Å². The third kappa shape index (κ3) is 4.13. The van der Waals surface area contributed by atoms with Gasteiger partial charge < -0.3 is 9.84 Å². The molecule has 1 rings (SSSR count). The van der Waals surface area contributed by atoms with E-state index in [9.17, 15) is 26.3 Å². The summed E-state index contributed by atoms with van der Waals surface area (Å²) >= 11 is 5.31. The van der Waals surface area contributed by atoms with Crippen LogP contribution in [0.15, 0.2) is 6.07 Å². The van der Waals surface area contributed by atoms with Gasteiger partial charge in [0, 0.05) is 5.56 Å². The minimum Gasteiger partial charge on any atom is -0.403 e. The number of ether oxygens (including phenoxy) is 1. The van der Waals surface area contributed by atoms with E-state index in [2.05, 4.69) is 9.72 Å². The summed E-state index contributed by atoms with van der Waals surface area (Å²) in [6.45, 7) is -0.818. The van der Waals surface area contributed by atoms with Gasteiger partial charge in [-0.25, -0.2) is 4.98 Å². The molecule has 108 valence electrons. The average Bonchev–Trinajstić information content (AvgIpc) is 2.24. The third-order valence-electron chi connectivity index (χ3n) is 1.95. The van der Waals surface area contributed by atoms with Crippen LogP contribution in [0.3, 0.4) is 0 Å². The lowest BCUT2D eigenvalue weighted by atomic mass is 10.1.